The number of rotatable bonds is 7. The molecule has 1 N–H and O–H groups in total. The largest absolute Gasteiger partial charge is 0.352 e. The highest BCUT2D eigenvalue weighted by molar-refractivity contribution is 7.80. The van der Waals surface area contributed by atoms with E-state index in [-0.39, 0.29) is 11.9 Å². The van der Waals surface area contributed by atoms with Gasteiger partial charge in [0.15, 0.2) is 0 Å². The highest BCUT2D eigenvalue weighted by Crippen LogP contribution is 2.22. The molecule has 4 aromatic rings. The lowest BCUT2D eigenvalue weighted by Crippen LogP contribution is -2.38. The maximum Gasteiger partial charge on any atom is 0.224 e. The third-order valence-corrected chi connectivity index (χ3v) is 5.90. The summed E-state index contributed by atoms with van der Waals surface area (Å²) in [4.78, 5) is 12.6. The molecule has 3 nitrogen and oxygen atoms in total. The number of hydrogen-bond acceptors (Lipinski definition) is 2. The minimum atomic E-state index is -0.00442. The molecule has 30 heavy (non-hydrogen) atoms. The maximum absolute atomic E-state index is 12.6. The first-order valence-corrected chi connectivity index (χ1v) is 10.8. The molecule has 0 unspecified atom stereocenters. The molecule has 0 radical (unpaired) electrons. The van der Waals surface area contributed by atoms with Crippen LogP contribution in [0.1, 0.15) is 11.1 Å². The number of nitrogens with zero attached hydrogens (tertiary/aromatic N) is 1. The van der Waals surface area contributed by atoms with Gasteiger partial charge in [-0.05, 0) is 34.7 Å². The van der Waals surface area contributed by atoms with Gasteiger partial charge in [0.1, 0.15) is 0 Å². The molecule has 152 valence electrons. The summed E-state index contributed by atoms with van der Waals surface area (Å²) in [5.74, 6) is 0.629. The van der Waals surface area contributed by atoms with Crippen molar-refractivity contribution < 1.29 is 4.79 Å². The fourth-order valence-electron chi connectivity index (χ4n) is 3.92. The maximum atomic E-state index is 12.6. The van der Waals surface area contributed by atoms with Crippen LogP contribution in [0, 0.1) is 0 Å². The molecule has 1 amide bonds. The van der Waals surface area contributed by atoms with Crippen LogP contribution < -0.4 is 5.32 Å². The van der Waals surface area contributed by atoms with E-state index in [2.05, 4.69) is 78.2 Å². The van der Waals surface area contributed by atoms with Crippen molar-refractivity contribution in [3.63, 3.8) is 0 Å². The number of aromatic nitrogens is 1. The molecule has 4 rings (SSSR count). The van der Waals surface area contributed by atoms with E-state index in [0.717, 1.165) is 17.5 Å². The van der Waals surface area contributed by atoms with Gasteiger partial charge in [-0.15, -0.1) is 0 Å². The number of nitrogens with one attached hydrogen (secondary N) is 1. The van der Waals surface area contributed by atoms with Crippen molar-refractivity contribution in [3.8, 4) is 11.1 Å². The minimum Gasteiger partial charge on any atom is -0.352 e. The second-order valence-electron chi connectivity index (χ2n) is 7.67. The summed E-state index contributed by atoms with van der Waals surface area (Å²) >= 11 is 4.48. The van der Waals surface area contributed by atoms with Crippen molar-refractivity contribution in [2.45, 2.75) is 18.9 Å². The van der Waals surface area contributed by atoms with Crippen LogP contribution in [0.2, 0.25) is 0 Å². The van der Waals surface area contributed by atoms with E-state index in [1.807, 2.05) is 36.4 Å². The first-order valence-electron chi connectivity index (χ1n) is 10.2. The lowest BCUT2D eigenvalue weighted by atomic mass is 10.0. The lowest BCUT2D eigenvalue weighted by Gasteiger charge is -2.16. The fraction of sp³-hybridized carbons (Fsp3) is 0.192. The number of para-hydroxylation sites is 1. The smallest absolute Gasteiger partial charge is 0.224 e. The number of hydrogen-bond donors (Lipinski definition) is 2. The Morgan fingerprint density at radius 2 is 1.60 bits per heavy atom. The van der Waals surface area contributed by atoms with Gasteiger partial charge in [0, 0.05) is 35.9 Å². The number of thiol groups is 1. The zero-order chi connectivity index (χ0) is 20.9. The second kappa shape index (κ2) is 9.23. The summed E-state index contributed by atoms with van der Waals surface area (Å²) in [6.07, 6.45) is 3.29. The highest BCUT2D eigenvalue weighted by atomic mass is 32.1. The molecule has 0 fully saturated rings. The van der Waals surface area contributed by atoms with Crippen LogP contribution in [-0.2, 0) is 24.7 Å². The fourth-order valence-corrected chi connectivity index (χ4v) is 4.15. The molecule has 4 heteroatoms. The van der Waals surface area contributed by atoms with Gasteiger partial charge in [-0.2, -0.15) is 12.6 Å². The monoisotopic (exact) mass is 414 g/mol. The Bertz CT molecular complexity index is 1130. The van der Waals surface area contributed by atoms with Crippen LogP contribution >= 0.6 is 12.6 Å². The van der Waals surface area contributed by atoms with Gasteiger partial charge in [-0.3, -0.25) is 4.79 Å². The molecule has 1 heterocycles. The Morgan fingerprint density at radius 1 is 0.933 bits per heavy atom. The second-order valence-corrected chi connectivity index (χ2v) is 8.04. The molecule has 1 atom stereocenters. The highest BCUT2D eigenvalue weighted by Gasteiger charge is 2.15. The Morgan fingerprint density at radius 3 is 2.33 bits per heavy atom. The van der Waals surface area contributed by atoms with E-state index in [1.54, 1.807) is 0 Å². The molecule has 0 bridgehead atoms. The molecule has 0 saturated heterocycles. The number of aryl methyl sites for hydroxylation is 1. The number of amides is 1. The van der Waals surface area contributed by atoms with Gasteiger partial charge in [0.25, 0.3) is 0 Å². The quantitative estimate of drug-likeness (QED) is 0.408. The van der Waals surface area contributed by atoms with Gasteiger partial charge in [0.2, 0.25) is 5.91 Å². The van der Waals surface area contributed by atoms with Crippen molar-refractivity contribution in [2.24, 2.45) is 7.05 Å². The van der Waals surface area contributed by atoms with Crippen LogP contribution in [-0.4, -0.2) is 22.3 Å². The molecule has 0 spiro atoms. The van der Waals surface area contributed by atoms with Gasteiger partial charge in [-0.1, -0.05) is 72.8 Å². The minimum absolute atomic E-state index is 0.00442. The summed E-state index contributed by atoms with van der Waals surface area (Å²) in [6, 6.07) is 26.8. The van der Waals surface area contributed by atoms with Crippen molar-refractivity contribution in [1.29, 1.82) is 0 Å². The molecular formula is C26H26N2OS. The van der Waals surface area contributed by atoms with Crippen LogP contribution in [0.25, 0.3) is 22.0 Å². The third kappa shape index (κ3) is 4.60. The Labute approximate surface area is 183 Å². The molecule has 0 aliphatic heterocycles. The van der Waals surface area contributed by atoms with Crippen LogP contribution in [0.5, 0.6) is 0 Å². The normalized spacial score (nSPS) is 12.1. The van der Waals surface area contributed by atoms with E-state index >= 15 is 0 Å². The van der Waals surface area contributed by atoms with Gasteiger partial charge in [0.05, 0.1) is 6.42 Å². The first-order chi connectivity index (χ1) is 14.6. The predicted molar refractivity (Wildman–Crippen MR) is 128 cm³/mol. The summed E-state index contributed by atoms with van der Waals surface area (Å²) in [5, 5.41) is 4.39. The molecule has 1 aromatic heterocycles. The summed E-state index contributed by atoms with van der Waals surface area (Å²) < 4.78 is 2.14. The number of carbonyl (C=O) groups excluding carboxylic acids is 1. The van der Waals surface area contributed by atoms with E-state index in [4.69, 9.17) is 0 Å². The van der Waals surface area contributed by atoms with Crippen LogP contribution in [0.3, 0.4) is 0 Å². The molecule has 0 saturated carbocycles. The van der Waals surface area contributed by atoms with Gasteiger partial charge >= 0.3 is 0 Å². The Hall–Kier alpha value is -2.98. The van der Waals surface area contributed by atoms with Crippen LogP contribution in [0.15, 0.2) is 85.1 Å². The van der Waals surface area contributed by atoms with Gasteiger partial charge in [-0.25, -0.2) is 0 Å². The standard InChI is InChI=1S/C26H26N2OS/c1-28-17-22(24-9-5-6-10-25(24)28)16-23(18-30)27-26(29)15-19-11-13-21(14-12-19)20-7-3-2-4-8-20/h2-14,17,23,30H,15-16,18H2,1H3,(H,27,29)/t23-/m1/s1. The number of carbonyl (C=O) groups is 1. The summed E-state index contributed by atoms with van der Waals surface area (Å²) in [7, 11) is 2.05. The summed E-state index contributed by atoms with van der Waals surface area (Å²) in [6.45, 7) is 0. The average molecular weight is 415 g/mol. The zero-order valence-electron chi connectivity index (χ0n) is 17.1. The average Bonchev–Trinajstić information content (AvgIpc) is 3.10. The van der Waals surface area contributed by atoms with Gasteiger partial charge < -0.3 is 9.88 Å². The number of fused-ring (bicyclic) bond motifs is 1. The molecule has 0 aliphatic carbocycles. The van der Waals surface area contributed by atoms with Crippen molar-refractivity contribution >= 4 is 29.4 Å². The first kappa shape index (κ1) is 20.3. The third-order valence-electron chi connectivity index (χ3n) is 5.46. The van der Waals surface area contributed by atoms with Crippen LogP contribution in [0.4, 0.5) is 0 Å². The SMILES string of the molecule is Cn1cc(C[C@H](CS)NC(=O)Cc2ccc(-c3ccccc3)cc2)c2ccccc21. The zero-order valence-corrected chi connectivity index (χ0v) is 18.0. The predicted octanol–water partition coefficient (Wildman–Crippen LogP) is 5.05. The molecule has 3 aromatic carbocycles. The van der Waals surface area contributed by atoms with E-state index < -0.39 is 0 Å². The van der Waals surface area contributed by atoms with Crippen molar-refractivity contribution in [1.82, 2.24) is 9.88 Å². The van der Waals surface area contributed by atoms with Crippen molar-refractivity contribution in [3.05, 3.63) is 96.2 Å². The van der Waals surface area contributed by atoms with Crippen molar-refractivity contribution in [2.75, 3.05) is 5.75 Å². The topological polar surface area (TPSA) is 34.0 Å². The Kier molecular flexibility index (Phi) is 6.24. The summed E-state index contributed by atoms with van der Waals surface area (Å²) in [5.41, 5.74) is 5.79. The van der Waals surface area contributed by atoms with E-state index in [1.165, 1.54) is 22.0 Å². The lowest BCUT2D eigenvalue weighted by molar-refractivity contribution is -0.121. The number of benzene rings is 3. The Balaban J connectivity index is 1.39. The molecular weight excluding hydrogens is 388 g/mol. The van der Waals surface area contributed by atoms with E-state index in [9.17, 15) is 4.79 Å². The van der Waals surface area contributed by atoms with E-state index in [0.29, 0.717) is 12.2 Å². The molecule has 0 aliphatic rings.